The molecule has 1 rings (SSSR count). The third-order valence-electron chi connectivity index (χ3n) is 2.28. The lowest BCUT2D eigenvalue weighted by molar-refractivity contribution is 0.398. The zero-order chi connectivity index (χ0) is 11.3. The molecule has 0 aromatic heterocycles. The van der Waals surface area contributed by atoms with Crippen molar-refractivity contribution < 1.29 is 10.0 Å². The summed E-state index contributed by atoms with van der Waals surface area (Å²) in [6, 6.07) is 8.12. The van der Waals surface area contributed by atoms with E-state index in [2.05, 4.69) is 11.0 Å². The molecule has 0 atom stereocenters. The molecule has 0 amide bonds. The maximum absolute atomic E-state index is 8.83. The number of hydrogen-bond donors (Lipinski definition) is 2. The van der Waals surface area contributed by atoms with E-state index in [-0.39, 0.29) is 0 Å². The molecule has 0 saturated carbocycles. The van der Waals surface area contributed by atoms with Crippen molar-refractivity contribution >= 4 is 7.12 Å². The smallest absolute Gasteiger partial charge is 0.427 e. The van der Waals surface area contributed by atoms with Crippen molar-refractivity contribution in [1.29, 1.82) is 0 Å². The van der Waals surface area contributed by atoms with E-state index in [9.17, 15) is 0 Å². The lowest BCUT2D eigenvalue weighted by Gasteiger charge is -2.13. The second-order valence-electron chi connectivity index (χ2n) is 4.03. The van der Waals surface area contributed by atoms with Crippen LogP contribution in [0.1, 0.15) is 11.1 Å². The van der Waals surface area contributed by atoms with Gasteiger partial charge in [-0.05, 0) is 38.0 Å². The molecule has 0 bridgehead atoms. The van der Waals surface area contributed by atoms with Gasteiger partial charge in [-0.2, -0.15) is 0 Å². The predicted molar refractivity (Wildman–Crippen MR) is 62.5 cm³/mol. The first kappa shape index (κ1) is 12.2. The van der Waals surface area contributed by atoms with Gasteiger partial charge in [-0.1, -0.05) is 24.3 Å². The quantitative estimate of drug-likeness (QED) is 0.700. The van der Waals surface area contributed by atoms with Gasteiger partial charge >= 0.3 is 7.12 Å². The monoisotopic (exact) mass is 207 g/mol. The average Bonchev–Trinajstić information content (AvgIpc) is 2.15. The minimum atomic E-state index is -1.21. The molecule has 0 aliphatic rings. The van der Waals surface area contributed by atoms with Crippen LogP contribution < -0.4 is 0 Å². The van der Waals surface area contributed by atoms with Crippen molar-refractivity contribution in [3.05, 3.63) is 35.4 Å². The topological polar surface area (TPSA) is 43.7 Å². The molecule has 2 N–H and O–H groups in total. The summed E-state index contributed by atoms with van der Waals surface area (Å²) in [7, 11) is 2.84. The van der Waals surface area contributed by atoms with Gasteiger partial charge in [0, 0.05) is 6.54 Å². The highest BCUT2D eigenvalue weighted by molar-refractivity contribution is 6.40. The first-order valence-corrected chi connectivity index (χ1v) is 5.17. The van der Waals surface area contributed by atoms with E-state index in [4.69, 9.17) is 10.0 Å². The van der Waals surface area contributed by atoms with E-state index in [1.165, 1.54) is 11.1 Å². The van der Waals surface area contributed by atoms with Crippen LogP contribution in [0.25, 0.3) is 0 Å². The summed E-state index contributed by atoms with van der Waals surface area (Å²) in [4.78, 5) is 2.11. The van der Waals surface area contributed by atoms with Gasteiger partial charge in [-0.15, -0.1) is 0 Å². The van der Waals surface area contributed by atoms with Gasteiger partial charge in [0.25, 0.3) is 0 Å². The lowest BCUT2D eigenvalue weighted by atomic mass is 9.82. The summed E-state index contributed by atoms with van der Waals surface area (Å²) < 4.78 is 0. The number of hydrogen-bond acceptors (Lipinski definition) is 3. The maximum atomic E-state index is 8.83. The Balaban J connectivity index is 2.68. The summed E-state index contributed by atoms with van der Waals surface area (Å²) in [6.07, 6.45) is 1.10. The Morgan fingerprint density at radius 3 is 2.27 bits per heavy atom. The van der Waals surface area contributed by atoms with Gasteiger partial charge in [0.2, 0.25) is 0 Å². The fraction of sp³-hybridized carbons (Fsp3) is 0.455. The molecule has 3 nitrogen and oxygen atoms in total. The van der Waals surface area contributed by atoms with Crippen molar-refractivity contribution in [2.24, 2.45) is 0 Å². The van der Waals surface area contributed by atoms with Crippen LogP contribution >= 0.6 is 0 Å². The Morgan fingerprint density at radius 1 is 1.13 bits per heavy atom. The van der Waals surface area contributed by atoms with Crippen LogP contribution in [0.2, 0.25) is 6.32 Å². The highest BCUT2D eigenvalue weighted by Crippen LogP contribution is 2.13. The molecule has 0 spiro atoms. The van der Waals surface area contributed by atoms with Crippen molar-refractivity contribution in [2.75, 3.05) is 14.1 Å². The first-order chi connectivity index (χ1) is 7.09. The highest BCUT2D eigenvalue weighted by Gasteiger charge is 2.09. The Hall–Kier alpha value is -0.835. The fourth-order valence-electron chi connectivity index (χ4n) is 1.58. The Morgan fingerprint density at radius 2 is 1.73 bits per heavy atom. The molecule has 0 saturated heterocycles. The number of rotatable bonds is 5. The molecule has 0 aliphatic heterocycles. The molecule has 0 fully saturated rings. The Labute approximate surface area is 91.5 Å². The van der Waals surface area contributed by atoms with Crippen LogP contribution in [-0.4, -0.2) is 36.2 Å². The first-order valence-electron chi connectivity index (χ1n) is 5.17. The van der Waals surface area contributed by atoms with Crippen molar-refractivity contribution in [3.63, 3.8) is 0 Å². The van der Waals surface area contributed by atoms with E-state index >= 15 is 0 Å². The van der Waals surface area contributed by atoms with Crippen LogP contribution in [0.15, 0.2) is 24.3 Å². The molecular weight excluding hydrogens is 189 g/mol. The molecule has 0 heterocycles. The molecule has 4 heteroatoms. The molecule has 82 valence electrons. The summed E-state index contributed by atoms with van der Waals surface area (Å²) in [5, 5.41) is 17.7. The second kappa shape index (κ2) is 5.90. The standard InChI is InChI=1S/C11H18BNO2/c1-13(2)9-11-6-4-3-5-10(11)7-8-12(14)15/h3-6,14-15H,7-9H2,1-2H3. The van der Waals surface area contributed by atoms with Crippen LogP contribution in [0.4, 0.5) is 0 Å². The third kappa shape index (κ3) is 4.47. The minimum Gasteiger partial charge on any atom is -0.427 e. The van der Waals surface area contributed by atoms with E-state index in [0.717, 1.165) is 6.54 Å². The lowest BCUT2D eigenvalue weighted by Crippen LogP contribution is -2.14. The largest absolute Gasteiger partial charge is 0.451 e. The van der Waals surface area contributed by atoms with E-state index in [1.807, 2.05) is 32.3 Å². The Bertz CT molecular complexity index is 302. The van der Waals surface area contributed by atoms with E-state index in [1.54, 1.807) is 0 Å². The molecule has 0 unspecified atom stereocenters. The molecule has 1 aromatic rings. The number of nitrogens with zero attached hydrogens (tertiary/aromatic N) is 1. The molecule has 0 radical (unpaired) electrons. The zero-order valence-electron chi connectivity index (χ0n) is 9.35. The van der Waals surface area contributed by atoms with Crippen LogP contribution in [-0.2, 0) is 13.0 Å². The molecule has 0 aliphatic carbocycles. The Kier molecular flexibility index (Phi) is 4.82. The number of aryl methyl sites for hydroxylation is 1. The molecule has 1 aromatic carbocycles. The van der Waals surface area contributed by atoms with Crippen LogP contribution in [0.5, 0.6) is 0 Å². The summed E-state index contributed by atoms with van der Waals surface area (Å²) in [6.45, 7) is 0.887. The summed E-state index contributed by atoms with van der Waals surface area (Å²) >= 11 is 0. The van der Waals surface area contributed by atoms with Gasteiger partial charge < -0.3 is 14.9 Å². The van der Waals surface area contributed by atoms with Crippen molar-refractivity contribution in [1.82, 2.24) is 4.90 Å². The fourth-order valence-corrected chi connectivity index (χ4v) is 1.58. The molecular formula is C11H18BNO2. The van der Waals surface area contributed by atoms with Crippen molar-refractivity contribution in [3.8, 4) is 0 Å². The normalized spacial score (nSPS) is 10.7. The van der Waals surface area contributed by atoms with E-state index in [0.29, 0.717) is 12.7 Å². The van der Waals surface area contributed by atoms with E-state index < -0.39 is 7.12 Å². The van der Waals surface area contributed by atoms with Gasteiger partial charge in [0.15, 0.2) is 0 Å². The SMILES string of the molecule is CN(C)Cc1ccccc1CCB(O)O. The average molecular weight is 207 g/mol. The second-order valence-corrected chi connectivity index (χ2v) is 4.03. The van der Waals surface area contributed by atoms with Gasteiger partial charge in [0.1, 0.15) is 0 Å². The highest BCUT2D eigenvalue weighted by atomic mass is 16.4. The third-order valence-corrected chi connectivity index (χ3v) is 2.28. The van der Waals surface area contributed by atoms with Crippen LogP contribution in [0.3, 0.4) is 0 Å². The van der Waals surface area contributed by atoms with Crippen LogP contribution in [0, 0.1) is 0 Å². The minimum absolute atomic E-state index is 0.393. The number of benzene rings is 1. The zero-order valence-corrected chi connectivity index (χ0v) is 9.35. The van der Waals surface area contributed by atoms with Gasteiger partial charge in [-0.3, -0.25) is 0 Å². The summed E-state index contributed by atoms with van der Waals surface area (Å²) in [5.41, 5.74) is 2.45. The predicted octanol–water partition coefficient (Wildman–Crippen LogP) is 0.763. The van der Waals surface area contributed by atoms with Gasteiger partial charge in [-0.25, -0.2) is 0 Å². The maximum Gasteiger partial charge on any atom is 0.451 e. The van der Waals surface area contributed by atoms with Crippen molar-refractivity contribution in [2.45, 2.75) is 19.3 Å². The summed E-state index contributed by atoms with van der Waals surface area (Å²) in [5.74, 6) is 0. The molecule has 15 heavy (non-hydrogen) atoms. The van der Waals surface area contributed by atoms with Gasteiger partial charge in [0.05, 0.1) is 0 Å².